The summed E-state index contributed by atoms with van der Waals surface area (Å²) in [4.78, 5) is 20.8. The van der Waals surface area contributed by atoms with Crippen molar-refractivity contribution in [3.8, 4) is 0 Å². The average Bonchev–Trinajstić information content (AvgIpc) is 3.01. The lowest BCUT2D eigenvalue weighted by Gasteiger charge is -2.19. The molecule has 0 aromatic carbocycles. The van der Waals surface area contributed by atoms with Crippen LogP contribution in [0.3, 0.4) is 0 Å². The van der Waals surface area contributed by atoms with Crippen molar-refractivity contribution in [1.29, 1.82) is 0 Å². The monoisotopic (exact) mass is 254 g/mol. The quantitative estimate of drug-likeness (QED) is 0.882. The third-order valence-corrected chi connectivity index (χ3v) is 4.03. The van der Waals surface area contributed by atoms with Crippen LogP contribution in [0.1, 0.15) is 29.4 Å². The summed E-state index contributed by atoms with van der Waals surface area (Å²) < 4.78 is 0. The number of hydrogen-bond acceptors (Lipinski definition) is 5. The normalized spacial score (nSPS) is 14.8. The smallest absolute Gasteiger partial charge is 0.268 e. The number of aromatic nitrogens is 1. The number of nitrogens with zero attached hydrogens (tertiary/aromatic N) is 3. The molecule has 0 aliphatic heterocycles. The molecule has 1 aromatic rings. The van der Waals surface area contributed by atoms with Gasteiger partial charge in [-0.25, -0.2) is 4.98 Å². The Kier molecular flexibility index (Phi) is 3.24. The van der Waals surface area contributed by atoms with Gasteiger partial charge >= 0.3 is 0 Å². The maximum absolute atomic E-state index is 12.3. The van der Waals surface area contributed by atoms with Gasteiger partial charge in [-0.15, -0.1) is 0 Å². The zero-order chi connectivity index (χ0) is 12.6. The average molecular weight is 254 g/mol. The molecular weight excluding hydrogens is 236 g/mol. The van der Waals surface area contributed by atoms with E-state index in [0.29, 0.717) is 16.7 Å². The molecule has 6 heteroatoms. The Morgan fingerprint density at radius 1 is 1.53 bits per heavy atom. The number of rotatable bonds is 4. The number of nitrogens with two attached hydrogens (primary N) is 1. The molecule has 0 bridgehead atoms. The van der Waals surface area contributed by atoms with Crippen molar-refractivity contribution in [2.24, 2.45) is 0 Å². The molecule has 1 fully saturated rings. The Morgan fingerprint density at radius 3 is 2.59 bits per heavy atom. The molecule has 94 valence electrons. The first-order chi connectivity index (χ1) is 8.04. The molecule has 1 saturated carbocycles. The molecule has 1 aromatic heterocycles. The second-order valence-electron chi connectivity index (χ2n) is 4.43. The SMILES string of the molecule is CCN(C(=O)c1sc(N(C)C)nc1N)C1CC1. The predicted molar refractivity (Wildman–Crippen MR) is 70.6 cm³/mol. The summed E-state index contributed by atoms with van der Waals surface area (Å²) in [6, 6.07) is 0.414. The van der Waals surface area contributed by atoms with Crippen LogP contribution in [0.15, 0.2) is 0 Å². The van der Waals surface area contributed by atoms with E-state index < -0.39 is 0 Å². The van der Waals surface area contributed by atoms with E-state index in [1.165, 1.54) is 11.3 Å². The lowest BCUT2D eigenvalue weighted by Crippen LogP contribution is -2.32. The van der Waals surface area contributed by atoms with Crippen molar-refractivity contribution in [2.45, 2.75) is 25.8 Å². The number of anilines is 2. The van der Waals surface area contributed by atoms with Crippen LogP contribution in [0.2, 0.25) is 0 Å². The van der Waals surface area contributed by atoms with Gasteiger partial charge in [0.1, 0.15) is 10.7 Å². The predicted octanol–water partition coefficient (Wildman–Crippen LogP) is 1.42. The lowest BCUT2D eigenvalue weighted by atomic mass is 10.4. The molecule has 5 nitrogen and oxygen atoms in total. The second kappa shape index (κ2) is 4.52. The Bertz CT molecular complexity index is 425. The van der Waals surface area contributed by atoms with E-state index >= 15 is 0 Å². The van der Waals surface area contributed by atoms with Gasteiger partial charge in [-0.3, -0.25) is 4.79 Å². The van der Waals surface area contributed by atoms with E-state index in [1.807, 2.05) is 30.8 Å². The maximum atomic E-state index is 12.3. The van der Waals surface area contributed by atoms with Crippen LogP contribution >= 0.6 is 11.3 Å². The minimum Gasteiger partial charge on any atom is -0.382 e. The zero-order valence-corrected chi connectivity index (χ0v) is 11.3. The highest BCUT2D eigenvalue weighted by atomic mass is 32.1. The van der Waals surface area contributed by atoms with E-state index in [0.717, 1.165) is 24.5 Å². The molecule has 17 heavy (non-hydrogen) atoms. The minimum absolute atomic E-state index is 0.0260. The van der Waals surface area contributed by atoms with Gasteiger partial charge in [-0.1, -0.05) is 11.3 Å². The van der Waals surface area contributed by atoms with Crippen molar-refractivity contribution < 1.29 is 4.79 Å². The third-order valence-electron chi connectivity index (χ3n) is 2.81. The van der Waals surface area contributed by atoms with Gasteiger partial charge in [-0.2, -0.15) is 0 Å². The third kappa shape index (κ3) is 2.36. The first kappa shape index (κ1) is 12.2. The van der Waals surface area contributed by atoms with Gasteiger partial charge in [0.15, 0.2) is 5.13 Å². The fourth-order valence-electron chi connectivity index (χ4n) is 1.75. The Balaban J connectivity index is 2.23. The second-order valence-corrected chi connectivity index (χ2v) is 5.41. The fourth-order valence-corrected chi connectivity index (χ4v) is 2.61. The Hall–Kier alpha value is -1.30. The van der Waals surface area contributed by atoms with E-state index in [1.54, 1.807) is 0 Å². The summed E-state index contributed by atoms with van der Waals surface area (Å²) in [5.41, 5.74) is 5.82. The van der Waals surface area contributed by atoms with Crippen molar-refractivity contribution >= 4 is 28.2 Å². The highest BCUT2D eigenvalue weighted by molar-refractivity contribution is 7.18. The molecule has 2 N–H and O–H groups in total. The van der Waals surface area contributed by atoms with Gasteiger partial charge in [0, 0.05) is 26.7 Å². The molecule has 1 aliphatic carbocycles. The number of hydrogen-bond donors (Lipinski definition) is 1. The number of carbonyl (C=O) groups excluding carboxylic acids is 1. The minimum atomic E-state index is 0.0260. The summed E-state index contributed by atoms with van der Waals surface area (Å²) in [5.74, 6) is 0.376. The van der Waals surface area contributed by atoms with E-state index in [4.69, 9.17) is 5.73 Å². The standard InChI is InChI=1S/C11H18N4OS/c1-4-15(7-5-6-7)10(16)8-9(12)13-11(17-8)14(2)3/h7H,4-6,12H2,1-3H3. The zero-order valence-electron chi connectivity index (χ0n) is 10.4. The van der Waals surface area contributed by atoms with Crippen LogP contribution in [-0.2, 0) is 0 Å². The van der Waals surface area contributed by atoms with Crippen LogP contribution in [0.5, 0.6) is 0 Å². The Labute approximate surface area is 105 Å². The largest absolute Gasteiger partial charge is 0.382 e. The van der Waals surface area contributed by atoms with Crippen LogP contribution in [0.25, 0.3) is 0 Å². The topological polar surface area (TPSA) is 62.5 Å². The van der Waals surface area contributed by atoms with Gasteiger partial charge in [0.05, 0.1) is 0 Å². The molecule has 1 amide bonds. The van der Waals surface area contributed by atoms with Gasteiger partial charge in [-0.05, 0) is 19.8 Å². The summed E-state index contributed by atoms with van der Waals surface area (Å²) >= 11 is 1.36. The van der Waals surface area contributed by atoms with Gasteiger partial charge < -0.3 is 15.5 Å². The lowest BCUT2D eigenvalue weighted by molar-refractivity contribution is 0.0758. The molecule has 0 saturated heterocycles. The molecule has 0 atom stereocenters. The van der Waals surface area contributed by atoms with Crippen LogP contribution in [-0.4, -0.2) is 42.5 Å². The van der Waals surface area contributed by atoms with Crippen molar-refractivity contribution in [1.82, 2.24) is 9.88 Å². The summed E-state index contributed by atoms with van der Waals surface area (Å²) in [5, 5.41) is 0.776. The van der Waals surface area contributed by atoms with Crippen molar-refractivity contribution in [2.75, 3.05) is 31.3 Å². The van der Waals surface area contributed by atoms with E-state index in [-0.39, 0.29) is 5.91 Å². The number of carbonyl (C=O) groups is 1. The Morgan fingerprint density at radius 2 is 2.18 bits per heavy atom. The van der Waals surface area contributed by atoms with Crippen LogP contribution in [0, 0.1) is 0 Å². The fraction of sp³-hybridized carbons (Fsp3) is 0.636. The first-order valence-electron chi connectivity index (χ1n) is 5.79. The molecule has 0 unspecified atom stereocenters. The van der Waals surface area contributed by atoms with Crippen LogP contribution < -0.4 is 10.6 Å². The number of nitrogen functional groups attached to an aromatic ring is 1. The molecule has 2 rings (SSSR count). The number of amides is 1. The van der Waals surface area contributed by atoms with E-state index in [2.05, 4.69) is 4.98 Å². The summed E-state index contributed by atoms with van der Waals surface area (Å²) in [6.45, 7) is 2.73. The molecular formula is C11H18N4OS. The summed E-state index contributed by atoms with van der Waals surface area (Å²) in [6.07, 6.45) is 2.22. The van der Waals surface area contributed by atoms with Crippen LogP contribution in [0.4, 0.5) is 10.9 Å². The molecule has 1 aliphatic rings. The maximum Gasteiger partial charge on any atom is 0.268 e. The molecule has 1 heterocycles. The van der Waals surface area contributed by atoms with Crippen molar-refractivity contribution in [3.05, 3.63) is 4.88 Å². The highest BCUT2D eigenvalue weighted by Crippen LogP contribution is 2.32. The summed E-state index contributed by atoms with van der Waals surface area (Å²) in [7, 11) is 3.79. The molecule has 0 spiro atoms. The number of thiazole rings is 1. The highest BCUT2D eigenvalue weighted by Gasteiger charge is 2.33. The van der Waals surface area contributed by atoms with Crippen molar-refractivity contribution in [3.63, 3.8) is 0 Å². The molecule has 0 radical (unpaired) electrons. The first-order valence-corrected chi connectivity index (χ1v) is 6.60. The van der Waals surface area contributed by atoms with E-state index in [9.17, 15) is 4.79 Å². The van der Waals surface area contributed by atoms with Gasteiger partial charge in [0.2, 0.25) is 0 Å². The van der Waals surface area contributed by atoms with Gasteiger partial charge in [0.25, 0.3) is 5.91 Å².